The van der Waals surface area contributed by atoms with Crippen molar-refractivity contribution in [2.24, 2.45) is 0 Å². The highest BCUT2D eigenvalue weighted by Crippen LogP contribution is 2.36. The summed E-state index contributed by atoms with van der Waals surface area (Å²) in [6.45, 7) is 0. The standard InChI is InChI=1S/C16H13BrN2O2S/c17-10-5-1-2-6-11(10)18-15(20)9-14-16(21)19-12-7-3-4-8-13(12)22-14/h1-8,14H,9H2,(H,18,20)(H,19,21)/t14-/m0/s1. The number of rotatable bonds is 3. The van der Waals surface area contributed by atoms with Gasteiger partial charge in [-0.25, -0.2) is 0 Å². The molecule has 22 heavy (non-hydrogen) atoms. The van der Waals surface area contributed by atoms with Crippen LogP contribution in [0, 0.1) is 0 Å². The predicted octanol–water partition coefficient (Wildman–Crippen LogP) is 3.89. The Morgan fingerprint density at radius 2 is 1.91 bits per heavy atom. The highest BCUT2D eigenvalue weighted by Gasteiger charge is 2.28. The molecule has 0 radical (unpaired) electrons. The van der Waals surface area contributed by atoms with E-state index in [4.69, 9.17) is 0 Å². The van der Waals surface area contributed by atoms with Gasteiger partial charge >= 0.3 is 0 Å². The summed E-state index contributed by atoms with van der Waals surface area (Å²) in [7, 11) is 0. The monoisotopic (exact) mass is 376 g/mol. The van der Waals surface area contributed by atoms with Crippen LogP contribution in [0.4, 0.5) is 11.4 Å². The van der Waals surface area contributed by atoms with Gasteiger partial charge in [-0.1, -0.05) is 24.3 Å². The topological polar surface area (TPSA) is 58.2 Å². The summed E-state index contributed by atoms with van der Waals surface area (Å²) in [5, 5.41) is 5.25. The zero-order chi connectivity index (χ0) is 15.5. The Labute approximate surface area is 140 Å². The molecule has 0 bridgehead atoms. The van der Waals surface area contributed by atoms with Crippen LogP contribution in [0.2, 0.25) is 0 Å². The van der Waals surface area contributed by atoms with Crippen LogP contribution < -0.4 is 10.6 Å². The number of para-hydroxylation sites is 2. The maximum absolute atomic E-state index is 12.2. The van der Waals surface area contributed by atoms with Crippen LogP contribution in [0.1, 0.15) is 6.42 Å². The lowest BCUT2D eigenvalue weighted by Gasteiger charge is -2.23. The number of amides is 2. The lowest BCUT2D eigenvalue weighted by Crippen LogP contribution is -2.32. The Balaban J connectivity index is 1.67. The molecule has 1 aliphatic heterocycles. The van der Waals surface area contributed by atoms with Crippen LogP contribution in [0.15, 0.2) is 57.9 Å². The van der Waals surface area contributed by atoms with Gasteiger partial charge in [-0.2, -0.15) is 0 Å². The smallest absolute Gasteiger partial charge is 0.238 e. The van der Waals surface area contributed by atoms with Crippen molar-refractivity contribution >= 4 is 50.9 Å². The van der Waals surface area contributed by atoms with E-state index in [9.17, 15) is 9.59 Å². The van der Waals surface area contributed by atoms with Crippen LogP contribution in [-0.2, 0) is 9.59 Å². The number of halogens is 1. The third-order valence-corrected chi connectivity index (χ3v) is 5.19. The lowest BCUT2D eigenvalue weighted by molar-refractivity contribution is -0.120. The number of anilines is 2. The minimum atomic E-state index is -0.419. The minimum absolute atomic E-state index is 0.131. The van der Waals surface area contributed by atoms with E-state index in [0.717, 1.165) is 15.1 Å². The fourth-order valence-electron chi connectivity index (χ4n) is 2.16. The average molecular weight is 377 g/mol. The molecule has 3 rings (SSSR count). The fraction of sp³-hybridized carbons (Fsp3) is 0.125. The van der Waals surface area contributed by atoms with Crippen molar-refractivity contribution < 1.29 is 9.59 Å². The normalized spacial score (nSPS) is 16.6. The summed E-state index contributed by atoms with van der Waals surface area (Å²) >= 11 is 4.81. The first-order valence-electron chi connectivity index (χ1n) is 6.74. The van der Waals surface area contributed by atoms with Crippen LogP contribution in [0.5, 0.6) is 0 Å². The highest BCUT2D eigenvalue weighted by atomic mass is 79.9. The Kier molecular flexibility index (Phi) is 4.49. The van der Waals surface area contributed by atoms with Crippen molar-refractivity contribution in [3.05, 3.63) is 53.0 Å². The van der Waals surface area contributed by atoms with Crippen LogP contribution in [0.3, 0.4) is 0 Å². The van der Waals surface area contributed by atoms with E-state index < -0.39 is 5.25 Å². The molecule has 6 heteroatoms. The highest BCUT2D eigenvalue weighted by molar-refractivity contribution is 9.10. The second-order valence-electron chi connectivity index (χ2n) is 4.82. The molecular formula is C16H13BrN2O2S. The van der Waals surface area contributed by atoms with Gasteiger partial charge < -0.3 is 10.6 Å². The number of hydrogen-bond donors (Lipinski definition) is 2. The molecule has 4 nitrogen and oxygen atoms in total. The zero-order valence-electron chi connectivity index (χ0n) is 11.5. The summed E-state index contributed by atoms with van der Waals surface area (Å²) in [6, 6.07) is 15.0. The number of carbonyl (C=O) groups excluding carboxylic acids is 2. The van der Waals surface area contributed by atoms with Gasteiger partial charge in [0, 0.05) is 15.8 Å². The van der Waals surface area contributed by atoms with Gasteiger partial charge in [-0.3, -0.25) is 9.59 Å². The molecule has 0 aromatic heterocycles. The second-order valence-corrected chi connectivity index (χ2v) is 6.92. The molecule has 112 valence electrons. The van der Waals surface area contributed by atoms with Crippen molar-refractivity contribution in [2.75, 3.05) is 10.6 Å². The Bertz CT molecular complexity index is 736. The quantitative estimate of drug-likeness (QED) is 0.853. The maximum Gasteiger partial charge on any atom is 0.238 e. The van der Waals surface area contributed by atoms with Crippen molar-refractivity contribution in [1.29, 1.82) is 0 Å². The second kappa shape index (κ2) is 6.54. The molecule has 1 atom stereocenters. The fourth-order valence-corrected chi connectivity index (χ4v) is 3.65. The molecule has 1 heterocycles. The Hall–Kier alpha value is -1.79. The van der Waals surface area contributed by atoms with Crippen molar-refractivity contribution in [2.45, 2.75) is 16.6 Å². The first-order valence-corrected chi connectivity index (χ1v) is 8.41. The average Bonchev–Trinajstić information content (AvgIpc) is 2.50. The van der Waals surface area contributed by atoms with E-state index in [1.54, 1.807) is 0 Å². The van der Waals surface area contributed by atoms with Gasteiger partial charge in [0.25, 0.3) is 0 Å². The Morgan fingerprint density at radius 1 is 1.18 bits per heavy atom. The lowest BCUT2D eigenvalue weighted by atomic mass is 10.2. The third kappa shape index (κ3) is 3.34. The minimum Gasteiger partial charge on any atom is -0.325 e. The predicted molar refractivity (Wildman–Crippen MR) is 92.1 cm³/mol. The van der Waals surface area contributed by atoms with E-state index in [0.29, 0.717) is 5.69 Å². The molecule has 0 unspecified atom stereocenters. The number of benzene rings is 2. The molecule has 2 aromatic carbocycles. The van der Waals surface area contributed by atoms with Gasteiger partial charge in [0.2, 0.25) is 11.8 Å². The summed E-state index contributed by atoms with van der Waals surface area (Å²) in [4.78, 5) is 25.2. The first-order chi connectivity index (χ1) is 10.6. The van der Waals surface area contributed by atoms with Crippen molar-refractivity contribution in [1.82, 2.24) is 0 Å². The largest absolute Gasteiger partial charge is 0.325 e. The van der Waals surface area contributed by atoms with Crippen LogP contribution >= 0.6 is 27.7 Å². The third-order valence-electron chi connectivity index (χ3n) is 3.23. The zero-order valence-corrected chi connectivity index (χ0v) is 13.9. The molecule has 0 spiro atoms. The number of carbonyl (C=O) groups is 2. The van der Waals surface area contributed by atoms with Gasteiger partial charge in [0.1, 0.15) is 0 Å². The summed E-state index contributed by atoms with van der Waals surface area (Å²) in [5.41, 5.74) is 1.51. The molecule has 2 N–H and O–H groups in total. The summed E-state index contributed by atoms with van der Waals surface area (Å²) in [5.74, 6) is -0.315. The van der Waals surface area contributed by atoms with Gasteiger partial charge in [-0.15, -0.1) is 11.8 Å². The van der Waals surface area contributed by atoms with Gasteiger partial charge in [0.05, 0.1) is 16.6 Å². The number of thioether (sulfide) groups is 1. The van der Waals surface area contributed by atoms with Crippen LogP contribution in [0.25, 0.3) is 0 Å². The van der Waals surface area contributed by atoms with E-state index in [1.165, 1.54) is 11.8 Å². The van der Waals surface area contributed by atoms with Crippen molar-refractivity contribution in [3.63, 3.8) is 0 Å². The molecule has 0 saturated carbocycles. The summed E-state index contributed by atoms with van der Waals surface area (Å²) < 4.78 is 0.814. The molecule has 0 aliphatic carbocycles. The molecule has 2 aromatic rings. The molecule has 0 saturated heterocycles. The van der Waals surface area contributed by atoms with Gasteiger partial charge in [0.15, 0.2) is 0 Å². The van der Waals surface area contributed by atoms with E-state index >= 15 is 0 Å². The number of nitrogens with one attached hydrogen (secondary N) is 2. The van der Waals surface area contributed by atoms with Crippen LogP contribution in [-0.4, -0.2) is 17.1 Å². The summed E-state index contributed by atoms with van der Waals surface area (Å²) in [6.07, 6.45) is 0.131. The molecule has 0 fully saturated rings. The van der Waals surface area contributed by atoms with E-state index in [2.05, 4.69) is 26.6 Å². The first kappa shape index (κ1) is 15.1. The molecule has 1 aliphatic rings. The van der Waals surface area contributed by atoms with Crippen molar-refractivity contribution in [3.8, 4) is 0 Å². The molecular weight excluding hydrogens is 364 g/mol. The van der Waals surface area contributed by atoms with E-state index in [1.807, 2.05) is 48.5 Å². The number of fused-ring (bicyclic) bond motifs is 1. The molecule has 2 amide bonds. The number of hydrogen-bond acceptors (Lipinski definition) is 3. The maximum atomic E-state index is 12.2. The Morgan fingerprint density at radius 3 is 2.73 bits per heavy atom. The SMILES string of the molecule is O=C(C[C@@H]1Sc2ccccc2NC1=O)Nc1ccccc1Br. The van der Waals surface area contributed by atoms with Gasteiger partial charge in [-0.05, 0) is 40.2 Å². The van der Waals surface area contributed by atoms with E-state index in [-0.39, 0.29) is 18.2 Å².